The summed E-state index contributed by atoms with van der Waals surface area (Å²) in [5.41, 5.74) is 1.22. The number of nitrogens with zero attached hydrogens (tertiary/aromatic N) is 1. The summed E-state index contributed by atoms with van der Waals surface area (Å²) in [6, 6.07) is 15.6. The van der Waals surface area contributed by atoms with Gasteiger partial charge in [0, 0.05) is 10.0 Å². The van der Waals surface area contributed by atoms with Gasteiger partial charge in [0.2, 0.25) is 0 Å². The fourth-order valence-electron chi connectivity index (χ4n) is 2.69. The largest absolute Gasteiger partial charge is 0.492 e. The molecule has 1 aliphatic rings. The highest BCUT2D eigenvalue weighted by atomic mass is 35.5. The third-order valence-corrected chi connectivity index (χ3v) is 4.53. The van der Waals surface area contributed by atoms with Crippen LogP contribution in [0.1, 0.15) is 11.1 Å². The van der Waals surface area contributed by atoms with Crippen LogP contribution in [0.25, 0.3) is 0 Å². The highest BCUT2D eigenvalue weighted by Crippen LogP contribution is 2.39. The number of rotatable bonds is 2. The summed E-state index contributed by atoms with van der Waals surface area (Å²) in [5.74, 6) is 0.855. The highest BCUT2D eigenvalue weighted by molar-refractivity contribution is 6.36. The minimum atomic E-state index is -0.636. The SMILES string of the molecule is N#CC1(Cc2c(Cl)cccc2Cl)COc2ccccc2C1. The standard InChI is InChI=1S/C17H13Cl2NO/c18-14-5-3-6-15(19)13(14)9-17(10-20)8-12-4-1-2-7-16(12)21-11-17/h1-7H,8-9,11H2. The van der Waals surface area contributed by atoms with E-state index in [0.717, 1.165) is 16.9 Å². The van der Waals surface area contributed by atoms with Gasteiger partial charge in [0.15, 0.2) is 0 Å². The second-order valence-electron chi connectivity index (χ2n) is 5.34. The van der Waals surface area contributed by atoms with Gasteiger partial charge in [-0.3, -0.25) is 0 Å². The molecule has 1 aliphatic heterocycles. The Morgan fingerprint density at radius 2 is 1.81 bits per heavy atom. The second kappa shape index (κ2) is 5.60. The summed E-state index contributed by atoms with van der Waals surface area (Å²) >= 11 is 12.5. The van der Waals surface area contributed by atoms with Crippen molar-refractivity contribution < 1.29 is 4.74 Å². The van der Waals surface area contributed by atoms with Gasteiger partial charge in [-0.15, -0.1) is 0 Å². The predicted molar refractivity (Wildman–Crippen MR) is 83.9 cm³/mol. The molecule has 0 spiro atoms. The van der Waals surface area contributed by atoms with Gasteiger partial charge >= 0.3 is 0 Å². The maximum atomic E-state index is 9.69. The van der Waals surface area contributed by atoms with Crippen LogP contribution in [0.2, 0.25) is 10.0 Å². The number of hydrogen-bond donors (Lipinski definition) is 0. The number of benzene rings is 2. The fraction of sp³-hybridized carbons (Fsp3) is 0.235. The van der Waals surface area contributed by atoms with Crippen molar-refractivity contribution in [3.63, 3.8) is 0 Å². The third-order valence-electron chi connectivity index (χ3n) is 3.82. The van der Waals surface area contributed by atoms with E-state index in [4.69, 9.17) is 27.9 Å². The molecule has 3 rings (SSSR count). The first-order valence-corrected chi connectivity index (χ1v) is 7.44. The second-order valence-corrected chi connectivity index (χ2v) is 6.16. The van der Waals surface area contributed by atoms with Crippen LogP contribution in [0, 0.1) is 16.7 Å². The van der Waals surface area contributed by atoms with Crippen molar-refractivity contribution in [2.24, 2.45) is 5.41 Å². The lowest BCUT2D eigenvalue weighted by Crippen LogP contribution is -2.35. The molecule has 0 aromatic heterocycles. The van der Waals surface area contributed by atoms with Gasteiger partial charge in [0.05, 0.1) is 11.5 Å². The first-order valence-electron chi connectivity index (χ1n) is 6.68. The summed E-state index contributed by atoms with van der Waals surface area (Å²) in [4.78, 5) is 0. The molecule has 1 atom stereocenters. The van der Waals surface area contributed by atoms with Crippen LogP contribution in [-0.4, -0.2) is 6.61 Å². The maximum Gasteiger partial charge on any atom is 0.122 e. The number of ether oxygens (including phenoxy) is 1. The van der Waals surface area contributed by atoms with Crippen molar-refractivity contribution in [1.82, 2.24) is 0 Å². The van der Waals surface area contributed by atoms with Gasteiger partial charge in [0.1, 0.15) is 12.4 Å². The summed E-state index contributed by atoms with van der Waals surface area (Å²) in [5, 5.41) is 10.9. The summed E-state index contributed by atoms with van der Waals surface area (Å²) in [7, 11) is 0. The Balaban J connectivity index is 1.95. The number of para-hydroxylation sites is 1. The molecule has 2 aromatic rings. The zero-order chi connectivity index (χ0) is 14.9. The van der Waals surface area contributed by atoms with Gasteiger partial charge < -0.3 is 4.74 Å². The van der Waals surface area contributed by atoms with Gasteiger partial charge in [-0.2, -0.15) is 5.26 Å². The van der Waals surface area contributed by atoms with E-state index >= 15 is 0 Å². The predicted octanol–water partition coefficient (Wildman–Crippen LogP) is 4.68. The minimum Gasteiger partial charge on any atom is -0.492 e. The lowest BCUT2D eigenvalue weighted by Gasteiger charge is -2.32. The van der Waals surface area contributed by atoms with Gasteiger partial charge in [0.25, 0.3) is 0 Å². The van der Waals surface area contributed by atoms with E-state index in [2.05, 4.69) is 6.07 Å². The van der Waals surface area contributed by atoms with Crippen LogP contribution in [0.5, 0.6) is 5.75 Å². The zero-order valence-electron chi connectivity index (χ0n) is 11.3. The van der Waals surface area contributed by atoms with Crippen molar-refractivity contribution in [1.29, 1.82) is 5.26 Å². The molecule has 2 nitrogen and oxygen atoms in total. The van der Waals surface area contributed by atoms with E-state index in [1.54, 1.807) is 18.2 Å². The van der Waals surface area contributed by atoms with E-state index in [-0.39, 0.29) is 0 Å². The fourth-order valence-corrected chi connectivity index (χ4v) is 3.22. The van der Waals surface area contributed by atoms with Crippen LogP contribution < -0.4 is 4.74 Å². The summed E-state index contributed by atoms with van der Waals surface area (Å²) in [6.45, 7) is 0.349. The molecular formula is C17H13Cl2NO. The molecule has 0 saturated carbocycles. The number of nitriles is 1. The van der Waals surface area contributed by atoms with Gasteiger partial charge in [-0.05, 0) is 42.2 Å². The van der Waals surface area contributed by atoms with E-state index < -0.39 is 5.41 Å². The molecule has 0 radical (unpaired) electrons. The average molecular weight is 318 g/mol. The van der Waals surface area contributed by atoms with E-state index in [9.17, 15) is 5.26 Å². The van der Waals surface area contributed by atoms with Crippen LogP contribution in [0.4, 0.5) is 0 Å². The van der Waals surface area contributed by atoms with E-state index in [1.807, 2.05) is 24.3 Å². The Hall–Kier alpha value is -1.69. The zero-order valence-corrected chi connectivity index (χ0v) is 12.8. The molecule has 0 N–H and O–H groups in total. The van der Waals surface area contributed by atoms with Crippen molar-refractivity contribution in [3.8, 4) is 11.8 Å². The molecular weight excluding hydrogens is 305 g/mol. The smallest absolute Gasteiger partial charge is 0.122 e. The van der Waals surface area contributed by atoms with Crippen molar-refractivity contribution in [3.05, 3.63) is 63.6 Å². The number of halogens is 2. The Bertz CT molecular complexity index is 703. The number of fused-ring (bicyclic) bond motifs is 1. The Morgan fingerprint density at radius 1 is 1.10 bits per heavy atom. The topological polar surface area (TPSA) is 33.0 Å². The normalized spacial score (nSPS) is 20.2. The Kier molecular flexibility index (Phi) is 3.80. The van der Waals surface area contributed by atoms with Crippen LogP contribution in [-0.2, 0) is 12.8 Å². The summed E-state index contributed by atoms with van der Waals surface area (Å²) in [6.07, 6.45) is 1.12. The van der Waals surface area contributed by atoms with Gasteiger partial charge in [-0.25, -0.2) is 0 Å². The Labute approximate surface area is 133 Å². The molecule has 0 bridgehead atoms. The van der Waals surface area contributed by atoms with E-state index in [0.29, 0.717) is 29.5 Å². The molecule has 1 unspecified atom stereocenters. The molecule has 106 valence electrons. The van der Waals surface area contributed by atoms with Crippen molar-refractivity contribution in [2.45, 2.75) is 12.8 Å². The number of hydrogen-bond acceptors (Lipinski definition) is 2. The molecule has 21 heavy (non-hydrogen) atoms. The molecule has 2 aromatic carbocycles. The van der Waals surface area contributed by atoms with Crippen LogP contribution in [0.15, 0.2) is 42.5 Å². The lowest BCUT2D eigenvalue weighted by atomic mass is 9.77. The minimum absolute atomic E-state index is 0.349. The molecule has 0 fully saturated rings. The van der Waals surface area contributed by atoms with Crippen molar-refractivity contribution >= 4 is 23.2 Å². The first kappa shape index (κ1) is 14.3. The summed E-state index contributed by atoms with van der Waals surface area (Å²) < 4.78 is 5.77. The van der Waals surface area contributed by atoms with Gasteiger partial charge in [-0.1, -0.05) is 47.5 Å². The third kappa shape index (κ3) is 2.72. The highest BCUT2D eigenvalue weighted by Gasteiger charge is 2.37. The Morgan fingerprint density at radius 3 is 2.52 bits per heavy atom. The van der Waals surface area contributed by atoms with Crippen LogP contribution >= 0.6 is 23.2 Å². The van der Waals surface area contributed by atoms with Crippen LogP contribution in [0.3, 0.4) is 0 Å². The van der Waals surface area contributed by atoms with Crippen molar-refractivity contribution in [2.75, 3.05) is 6.61 Å². The quantitative estimate of drug-likeness (QED) is 0.805. The molecule has 4 heteroatoms. The lowest BCUT2D eigenvalue weighted by molar-refractivity contribution is 0.169. The van der Waals surface area contributed by atoms with E-state index in [1.165, 1.54) is 0 Å². The first-order chi connectivity index (χ1) is 10.1. The molecule has 1 heterocycles. The molecule has 0 saturated heterocycles. The maximum absolute atomic E-state index is 9.69. The average Bonchev–Trinajstić information content (AvgIpc) is 2.51. The molecule has 0 aliphatic carbocycles. The molecule has 0 amide bonds. The monoisotopic (exact) mass is 317 g/mol.